The van der Waals surface area contributed by atoms with Crippen LogP contribution in [-0.4, -0.2) is 62.0 Å². The lowest BCUT2D eigenvalue weighted by Crippen LogP contribution is -2.32. The first-order valence-electron chi connectivity index (χ1n) is 8.47. The van der Waals surface area contributed by atoms with Crippen molar-refractivity contribution >= 4 is 11.8 Å². The molecule has 132 valence electrons. The van der Waals surface area contributed by atoms with E-state index in [9.17, 15) is 9.59 Å². The lowest BCUT2D eigenvalue weighted by atomic mass is 10.2. The molecule has 0 unspecified atom stereocenters. The Hall–Kier alpha value is -2.08. The highest BCUT2D eigenvalue weighted by molar-refractivity contribution is 5.78. The average Bonchev–Trinajstić information content (AvgIpc) is 3.11. The van der Waals surface area contributed by atoms with E-state index in [0.29, 0.717) is 19.5 Å². The fraction of sp³-hybridized carbons (Fsp3) is 0.556. The van der Waals surface area contributed by atoms with Crippen molar-refractivity contribution in [2.24, 2.45) is 0 Å². The minimum atomic E-state index is 0.0480. The molecule has 0 aliphatic carbocycles. The van der Waals surface area contributed by atoms with E-state index in [1.807, 2.05) is 29.2 Å². The van der Waals surface area contributed by atoms with Gasteiger partial charge in [-0.15, -0.1) is 0 Å². The van der Waals surface area contributed by atoms with Crippen LogP contribution in [0.3, 0.4) is 0 Å². The number of hydrogen-bond donors (Lipinski definition) is 1. The van der Waals surface area contributed by atoms with Gasteiger partial charge >= 0.3 is 0 Å². The lowest BCUT2D eigenvalue weighted by molar-refractivity contribution is -0.132. The van der Waals surface area contributed by atoms with Crippen LogP contribution in [0.5, 0.6) is 5.75 Å². The van der Waals surface area contributed by atoms with Gasteiger partial charge in [-0.1, -0.05) is 18.2 Å². The van der Waals surface area contributed by atoms with Crippen molar-refractivity contribution in [2.45, 2.75) is 25.8 Å². The van der Waals surface area contributed by atoms with Gasteiger partial charge in [0.1, 0.15) is 5.75 Å². The van der Waals surface area contributed by atoms with Gasteiger partial charge in [-0.2, -0.15) is 0 Å². The monoisotopic (exact) mass is 333 g/mol. The van der Waals surface area contributed by atoms with Crippen molar-refractivity contribution in [3.63, 3.8) is 0 Å². The first-order chi connectivity index (χ1) is 11.6. The zero-order chi connectivity index (χ0) is 17.4. The van der Waals surface area contributed by atoms with Crippen LogP contribution in [0.2, 0.25) is 0 Å². The highest BCUT2D eigenvalue weighted by Gasteiger charge is 2.18. The molecule has 0 aromatic heterocycles. The quantitative estimate of drug-likeness (QED) is 0.728. The van der Waals surface area contributed by atoms with Crippen LogP contribution in [0.4, 0.5) is 0 Å². The second-order valence-electron chi connectivity index (χ2n) is 6.20. The molecule has 0 saturated carbocycles. The second kappa shape index (κ2) is 9.27. The van der Waals surface area contributed by atoms with Crippen LogP contribution in [-0.2, 0) is 16.1 Å². The van der Waals surface area contributed by atoms with Gasteiger partial charge in [0.2, 0.25) is 5.91 Å². The number of benzene rings is 1. The van der Waals surface area contributed by atoms with Crippen LogP contribution < -0.4 is 10.1 Å². The first kappa shape index (κ1) is 18.3. The number of carbonyl (C=O) groups is 2. The number of hydrogen-bond acceptors (Lipinski definition) is 4. The Kier molecular flexibility index (Phi) is 7.06. The summed E-state index contributed by atoms with van der Waals surface area (Å²) in [7, 11) is 3.51. The Morgan fingerprint density at radius 3 is 2.62 bits per heavy atom. The molecule has 6 heteroatoms. The van der Waals surface area contributed by atoms with Gasteiger partial charge in [-0.05, 0) is 18.9 Å². The van der Waals surface area contributed by atoms with E-state index in [2.05, 4.69) is 5.32 Å². The molecule has 1 N–H and O–H groups in total. The van der Waals surface area contributed by atoms with Gasteiger partial charge in [0, 0.05) is 52.3 Å². The zero-order valence-electron chi connectivity index (χ0n) is 14.6. The molecule has 2 amide bonds. The van der Waals surface area contributed by atoms with E-state index in [-0.39, 0.29) is 18.4 Å². The molecule has 0 radical (unpaired) electrons. The number of likely N-dealkylation sites (tertiary alicyclic amines) is 1. The summed E-state index contributed by atoms with van der Waals surface area (Å²) in [6.45, 7) is 2.97. The smallest absolute Gasteiger partial charge is 0.260 e. The van der Waals surface area contributed by atoms with Crippen LogP contribution in [0.1, 0.15) is 24.8 Å². The molecule has 0 atom stereocenters. The summed E-state index contributed by atoms with van der Waals surface area (Å²) >= 11 is 0. The minimum absolute atomic E-state index is 0.0480. The summed E-state index contributed by atoms with van der Waals surface area (Å²) < 4.78 is 5.72. The number of ether oxygens (including phenoxy) is 1. The number of amides is 2. The number of nitrogens with one attached hydrogen (secondary N) is 1. The molecule has 1 fully saturated rings. The SMILES string of the molecule is CN(C)C(=O)CCNCc1ccccc1OCC(=O)N1CCCC1. The third-order valence-electron chi connectivity index (χ3n) is 4.11. The van der Waals surface area contributed by atoms with Crippen molar-refractivity contribution in [2.75, 3.05) is 40.3 Å². The van der Waals surface area contributed by atoms with E-state index in [4.69, 9.17) is 4.74 Å². The Labute approximate surface area is 143 Å². The molecule has 1 heterocycles. The molecule has 0 spiro atoms. The summed E-state index contributed by atoms with van der Waals surface area (Å²) in [5.41, 5.74) is 0.990. The van der Waals surface area contributed by atoms with Crippen LogP contribution in [0, 0.1) is 0 Å². The Morgan fingerprint density at radius 1 is 1.21 bits per heavy atom. The van der Waals surface area contributed by atoms with Crippen LogP contribution in [0.25, 0.3) is 0 Å². The molecular formula is C18H27N3O3. The van der Waals surface area contributed by atoms with Gasteiger partial charge < -0.3 is 19.9 Å². The highest BCUT2D eigenvalue weighted by Crippen LogP contribution is 2.18. The standard InChI is InChI=1S/C18H27N3O3/c1-20(2)17(22)9-10-19-13-15-7-3-4-8-16(15)24-14-18(23)21-11-5-6-12-21/h3-4,7-8,19H,5-6,9-14H2,1-2H3. The number of rotatable bonds is 8. The lowest BCUT2D eigenvalue weighted by Gasteiger charge is -2.17. The number of carbonyl (C=O) groups excluding carboxylic acids is 2. The summed E-state index contributed by atoms with van der Waals surface area (Å²) in [4.78, 5) is 27.1. The summed E-state index contributed by atoms with van der Waals surface area (Å²) in [6, 6.07) is 7.68. The predicted octanol–water partition coefficient (Wildman–Crippen LogP) is 1.26. The maximum absolute atomic E-state index is 12.1. The predicted molar refractivity (Wildman–Crippen MR) is 92.8 cm³/mol. The Balaban J connectivity index is 1.79. The molecule has 6 nitrogen and oxygen atoms in total. The second-order valence-corrected chi connectivity index (χ2v) is 6.20. The fourth-order valence-electron chi connectivity index (χ4n) is 2.63. The van der Waals surface area contributed by atoms with Crippen molar-refractivity contribution in [3.05, 3.63) is 29.8 Å². The van der Waals surface area contributed by atoms with Crippen LogP contribution >= 0.6 is 0 Å². The van der Waals surface area contributed by atoms with E-state index in [1.54, 1.807) is 19.0 Å². The Morgan fingerprint density at radius 2 is 1.92 bits per heavy atom. The molecule has 1 aliphatic rings. The summed E-state index contributed by atoms with van der Waals surface area (Å²) in [5.74, 6) is 0.867. The maximum atomic E-state index is 12.1. The number of nitrogens with zero attached hydrogens (tertiary/aromatic N) is 2. The first-order valence-corrected chi connectivity index (χ1v) is 8.47. The molecule has 0 bridgehead atoms. The van der Waals surface area contributed by atoms with Crippen molar-refractivity contribution in [3.8, 4) is 5.75 Å². The number of para-hydroxylation sites is 1. The van der Waals surface area contributed by atoms with Gasteiger partial charge in [0.25, 0.3) is 5.91 Å². The molecule has 1 saturated heterocycles. The summed E-state index contributed by atoms with van der Waals surface area (Å²) in [5, 5.41) is 3.25. The van der Waals surface area contributed by atoms with Crippen molar-refractivity contribution < 1.29 is 14.3 Å². The topological polar surface area (TPSA) is 61.9 Å². The molecule has 1 aromatic carbocycles. The fourth-order valence-corrected chi connectivity index (χ4v) is 2.63. The molecular weight excluding hydrogens is 306 g/mol. The van der Waals surface area contributed by atoms with Gasteiger partial charge in [0.15, 0.2) is 6.61 Å². The molecule has 24 heavy (non-hydrogen) atoms. The van der Waals surface area contributed by atoms with E-state index in [0.717, 1.165) is 37.2 Å². The van der Waals surface area contributed by atoms with Gasteiger partial charge in [-0.25, -0.2) is 0 Å². The third-order valence-corrected chi connectivity index (χ3v) is 4.11. The van der Waals surface area contributed by atoms with Gasteiger partial charge in [-0.3, -0.25) is 9.59 Å². The molecule has 2 rings (SSSR count). The van der Waals surface area contributed by atoms with E-state index < -0.39 is 0 Å². The van der Waals surface area contributed by atoms with Crippen molar-refractivity contribution in [1.29, 1.82) is 0 Å². The highest BCUT2D eigenvalue weighted by atomic mass is 16.5. The van der Waals surface area contributed by atoms with Gasteiger partial charge in [0.05, 0.1) is 0 Å². The normalized spacial score (nSPS) is 13.8. The minimum Gasteiger partial charge on any atom is -0.483 e. The van der Waals surface area contributed by atoms with E-state index >= 15 is 0 Å². The Bertz CT molecular complexity index is 554. The maximum Gasteiger partial charge on any atom is 0.260 e. The molecule has 1 aromatic rings. The van der Waals surface area contributed by atoms with Crippen LogP contribution in [0.15, 0.2) is 24.3 Å². The largest absolute Gasteiger partial charge is 0.483 e. The average molecular weight is 333 g/mol. The third kappa shape index (κ3) is 5.53. The summed E-state index contributed by atoms with van der Waals surface area (Å²) in [6.07, 6.45) is 2.62. The molecule has 1 aliphatic heterocycles. The van der Waals surface area contributed by atoms with E-state index in [1.165, 1.54) is 0 Å². The zero-order valence-corrected chi connectivity index (χ0v) is 14.6. The van der Waals surface area contributed by atoms with Crippen molar-refractivity contribution in [1.82, 2.24) is 15.1 Å².